The second kappa shape index (κ2) is 7.63. The van der Waals surface area contributed by atoms with E-state index in [4.69, 9.17) is 0 Å². The Morgan fingerprint density at radius 2 is 2.08 bits per heavy atom. The number of anilines is 1. The molecule has 0 bridgehead atoms. The maximum Gasteiger partial charge on any atom is 0.256 e. The molecule has 3 rings (SSSR count). The minimum Gasteiger partial charge on any atom is -0.312 e. The van der Waals surface area contributed by atoms with Gasteiger partial charge in [-0.1, -0.05) is 20.8 Å². The van der Waals surface area contributed by atoms with Gasteiger partial charge in [-0.25, -0.2) is 0 Å². The van der Waals surface area contributed by atoms with E-state index in [-0.39, 0.29) is 5.91 Å². The summed E-state index contributed by atoms with van der Waals surface area (Å²) in [6.07, 6.45) is 3.05. The molecule has 1 atom stereocenters. The summed E-state index contributed by atoms with van der Waals surface area (Å²) in [7, 11) is 0. The molecule has 2 aromatic rings. The van der Waals surface area contributed by atoms with Gasteiger partial charge >= 0.3 is 0 Å². The number of nitrogens with zero attached hydrogens (tertiary/aromatic N) is 1. The number of benzene rings is 1. The number of carbonyl (C=O) groups is 1. The Labute approximate surface area is 157 Å². The normalized spacial score (nSPS) is 16.4. The molecule has 1 heterocycles. The van der Waals surface area contributed by atoms with Crippen molar-refractivity contribution >= 4 is 34.0 Å². The van der Waals surface area contributed by atoms with E-state index < -0.39 is 0 Å². The summed E-state index contributed by atoms with van der Waals surface area (Å²) in [4.78, 5) is 15.0. The van der Waals surface area contributed by atoms with Gasteiger partial charge in [0.25, 0.3) is 5.91 Å². The third-order valence-electron chi connectivity index (χ3n) is 4.34. The zero-order valence-corrected chi connectivity index (χ0v) is 16.4. The molecular formula is C20H22N2OS2. The van der Waals surface area contributed by atoms with E-state index in [2.05, 4.69) is 32.2 Å². The summed E-state index contributed by atoms with van der Waals surface area (Å²) in [6, 6.07) is 9.95. The van der Waals surface area contributed by atoms with Crippen LogP contribution in [0.15, 0.2) is 29.2 Å². The van der Waals surface area contributed by atoms with Gasteiger partial charge in [-0.3, -0.25) is 4.79 Å². The summed E-state index contributed by atoms with van der Waals surface area (Å²) >= 11 is 3.34. The summed E-state index contributed by atoms with van der Waals surface area (Å²) in [5.74, 6) is 0.497. The lowest BCUT2D eigenvalue weighted by molar-refractivity contribution is 0.102. The zero-order valence-electron chi connectivity index (χ0n) is 14.8. The Kier molecular flexibility index (Phi) is 5.51. The molecule has 130 valence electrons. The summed E-state index contributed by atoms with van der Waals surface area (Å²) in [5.41, 5.74) is 2.42. The fourth-order valence-corrected chi connectivity index (χ4v) is 5.28. The molecule has 0 unspecified atom stereocenters. The minimum atomic E-state index is -0.149. The number of hydrogen-bond donors (Lipinski definition) is 1. The van der Waals surface area contributed by atoms with Crippen LogP contribution >= 0.6 is 23.1 Å². The standard InChI is InChI=1S/C20H22N2OS2/c1-12(2)24-15-7-5-14(6-8-15)19(23)22-20-17(11-21)16-9-4-13(3)10-18(16)25-20/h5-8,12-13H,4,9-10H2,1-3H3,(H,22,23)/t13-/m0/s1. The maximum atomic E-state index is 12.6. The number of rotatable bonds is 4. The van der Waals surface area contributed by atoms with Crippen molar-refractivity contribution in [1.82, 2.24) is 0 Å². The topological polar surface area (TPSA) is 52.9 Å². The van der Waals surface area contributed by atoms with Crippen LogP contribution in [0.5, 0.6) is 0 Å². The van der Waals surface area contributed by atoms with Gasteiger partial charge in [0.05, 0.1) is 5.56 Å². The van der Waals surface area contributed by atoms with Crippen molar-refractivity contribution in [2.24, 2.45) is 5.92 Å². The highest BCUT2D eigenvalue weighted by molar-refractivity contribution is 7.99. The monoisotopic (exact) mass is 370 g/mol. The maximum absolute atomic E-state index is 12.6. The van der Waals surface area contributed by atoms with E-state index in [9.17, 15) is 10.1 Å². The van der Waals surface area contributed by atoms with Gasteiger partial charge in [0.15, 0.2) is 0 Å². The zero-order chi connectivity index (χ0) is 18.0. The molecule has 1 amide bonds. The largest absolute Gasteiger partial charge is 0.312 e. The molecule has 0 saturated carbocycles. The van der Waals surface area contributed by atoms with E-state index in [1.807, 2.05) is 24.3 Å². The first-order chi connectivity index (χ1) is 12.0. The molecule has 1 aliphatic carbocycles. The van der Waals surface area contributed by atoms with Crippen molar-refractivity contribution in [3.8, 4) is 6.07 Å². The Balaban J connectivity index is 1.78. The van der Waals surface area contributed by atoms with E-state index >= 15 is 0 Å². The summed E-state index contributed by atoms with van der Waals surface area (Å²) < 4.78 is 0. The average molecular weight is 371 g/mol. The van der Waals surface area contributed by atoms with Crippen molar-refractivity contribution in [2.45, 2.75) is 50.2 Å². The number of fused-ring (bicyclic) bond motifs is 1. The van der Waals surface area contributed by atoms with Gasteiger partial charge in [0, 0.05) is 20.6 Å². The first-order valence-electron chi connectivity index (χ1n) is 8.60. The number of carbonyl (C=O) groups excluding carboxylic acids is 1. The fourth-order valence-electron chi connectivity index (χ4n) is 3.09. The van der Waals surface area contributed by atoms with Crippen LogP contribution < -0.4 is 5.32 Å². The molecule has 1 aromatic heterocycles. The molecule has 0 saturated heterocycles. The SMILES string of the molecule is CC(C)Sc1ccc(C(=O)Nc2sc3c(c2C#N)CC[C@H](C)C3)cc1. The smallest absolute Gasteiger partial charge is 0.256 e. The number of nitrogens with one attached hydrogen (secondary N) is 1. The summed E-state index contributed by atoms with van der Waals surface area (Å²) in [5, 5.41) is 13.7. The molecule has 5 heteroatoms. The molecule has 0 aliphatic heterocycles. The van der Waals surface area contributed by atoms with Crippen LogP contribution in [0.4, 0.5) is 5.00 Å². The van der Waals surface area contributed by atoms with Crippen LogP contribution in [0.2, 0.25) is 0 Å². The van der Waals surface area contributed by atoms with Gasteiger partial charge in [0.1, 0.15) is 11.1 Å². The van der Waals surface area contributed by atoms with Crippen molar-refractivity contribution < 1.29 is 4.79 Å². The fraction of sp³-hybridized carbons (Fsp3) is 0.400. The van der Waals surface area contributed by atoms with E-state index in [1.54, 1.807) is 23.1 Å². The van der Waals surface area contributed by atoms with Crippen LogP contribution in [0.25, 0.3) is 0 Å². The highest BCUT2D eigenvalue weighted by Gasteiger charge is 2.24. The van der Waals surface area contributed by atoms with Crippen LogP contribution in [0.3, 0.4) is 0 Å². The van der Waals surface area contributed by atoms with Gasteiger partial charge in [-0.05, 0) is 55.0 Å². The van der Waals surface area contributed by atoms with Gasteiger partial charge in [-0.2, -0.15) is 5.26 Å². The lowest BCUT2D eigenvalue weighted by Crippen LogP contribution is -2.12. The van der Waals surface area contributed by atoms with Crippen molar-refractivity contribution in [1.29, 1.82) is 5.26 Å². The molecule has 0 spiro atoms. The molecule has 1 aromatic carbocycles. The van der Waals surface area contributed by atoms with Crippen LogP contribution in [0, 0.1) is 17.2 Å². The number of amides is 1. The molecular weight excluding hydrogens is 348 g/mol. The van der Waals surface area contributed by atoms with Crippen LogP contribution in [-0.4, -0.2) is 11.2 Å². The van der Waals surface area contributed by atoms with Crippen molar-refractivity contribution in [3.05, 3.63) is 45.8 Å². The Morgan fingerprint density at radius 3 is 2.72 bits per heavy atom. The van der Waals surface area contributed by atoms with Crippen molar-refractivity contribution in [3.63, 3.8) is 0 Å². The predicted octanol–water partition coefficient (Wildman–Crippen LogP) is 5.50. The van der Waals surface area contributed by atoms with Gasteiger partial charge < -0.3 is 5.32 Å². The Hall–Kier alpha value is -1.77. The second-order valence-corrected chi connectivity index (χ2v) is 9.57. The quantitative estimate of drug-likeness (QED) is 0.723. The molecule has 0 radical (unpaired) electrons. The highest BCUT2D eigenvalue weighted by Crippen LogP contribution is 2.39. The van der Waals surface area contributed by atoms with Crippen molar-refractivity contribution in [2.75, 3.05) is 5.32 Å². The second-order valence-electron chi connectivity index (χ2n) is 6.81. The lowest BCUT2D eigenvalue weighted by atomic mass is 9.88. The van der Waals surface area contributed by atoms with Crippen LogP contribution in [-0.2, 0) is 12.8 Å². The number of hydrogen-bond acceptors (Lipinski definition) is 4. The predicted molar refractivity (Wildman–Crippen MR) is 106 cm³/mol. The number of thiophene rings is 1. The molecule has 3 nitrogen and oxygen atoms in total. The third kappa shape index (κ3) is 4.08. The third-order valence-corrected chi connectivity index (χ3v) is 6.52. The van der Waals surface area contributed by atoms with Gasteiger partial charge in [0.2, 0.25) is 0 Å². The molecule has 1 N–H and O–H groups in total. The minimum absolute atomic E-state index is 0.149. The first kappa shape index (κ1) is 18.0. The number of thioether (sulfide) groups is 1. The Morgan fingerprint density at radius 1 is 1.36 bits per heavy atom. The van der Waals surface area contributed by atoms with E-state index in [1.165, 1.54) is 4.88 Å². The van der Waals surface area contributed by atoms with E-state index in [0.29, 0.717) is 27.3 Å². The van der Waals surface area contributed by atoms with Gasteiger partial charge in [-0.15, -0.1) is 23.1 Å². The number of nitriles is 1. The van der Waals surface area contributed by atoms with Crippen LogP contribution in [0.1, 0.15) is 53.6 Å². The first-order valence-corrected chi connectivity index (χ1v) is 10.3. The average Bonchev–Trinajstić information content (AvgIpc) is 2.90. The molecule has 25 heavy (non-hydrogen) atoms. The highest BCUT2D eigenvalue weighted by atomic mass is 32.2. The summed E-state index contributed by atoms with van der Waals surface area (Å²) in [6.45, 7) is 6.53. The van der Waals surface area contributed by atoms with E-state index in [0.717, 1.165) is 29.7 Å². The molecule has 0 fully saturated rings. The Bertz CT molecular complexity index is 815. The molecule has 1 aliphatic rings. The lowest BCUT2D eigenvalue weighted by Gasteiger charge is -2.17.